The Hall–Kier alpha value is -2.66. The van der Waals surface area contributed by atoms with Crippen LogP contribution in [-0.4, -0.2) is 68.9 Å². The number of unbranched alkanes of at least 4 members (excludes halogenated alkanes) is 4. The van der Waals surface area contributed by atoms with Gasteiger partial charge >= 0.3 is 5.97 Å². The van der Waals surface area contributed by atoms with Gasteiger partial charge in [-0.25, -0.2) is 9.69 Å². The second-order valence-electron chi connectivity index (χ2n) is 6.78. The van der Waals surface area contributed by atoms with Crippen molar-refractivity contribution in [3.63, 3.8) is 0 Å². The number of aliphatic hydroxyl groups is 2. The molecule has 0 bridgehead atoms. The van der Waals surface area contributed by atoms with E-state index in [0.717, 1.165) is 25.7 Å². The minimum atomic E-state index is -0.606. The van der Waals surface area contributed by atoms with Crippen LogP contribution in [0, 0.1) is 0 Å². The van der Waals surface area contributed by atoms with E-state index in [4.69, 9.17) is 15.1 Å². The molecule has 0 spiro atoms. The summed E-state index contributed by atoms with van der Waals surface area (Å²) in [6.07, 6.45) is 4.70. The van der Waals surface area contributed by atoms with Gasteiger partial charge in [0.25, 0.3) is 11.8 Å². The maximum absolute atomic E-state index is 11.4. The van der Waals surface area contributed by atoms with Gasteiger partial charge in [0.2, 0.25) is 17.7 Å². The van der Waals surface area contributed by atoms with Crippen molar-refractivity contribution in [2.45, 2.75) is 70.6 Å². The van der Waals surface area contributed by atoms with Crippen molar-refractivity contribution >= 4 is 35.5 Å². The second kappa shape index (κ2) is 13.5. The molecule has 2 aliphatic rings. The zero-order valence-electron chi connectivity index (χ0n) is 16.8. The lowest BCUT2D eigenvalue weighted by Crippen LogP contribution is -2.35. The molecule has 2 aliphatic heterocycles. The molecule has 0 aromatic heterocycles. The highest BCUT2D eigenvalue weighted by Gasteiger charge is 2.34. The smallest absolute Gasteiger partial charge is 0.333 e. The molecule has 2 heterocycles. The standard InChI is InChI=1S/C12H19NO5.C7H9NO4/c14-9-5-3-1-2-4-6-12(17)18-13-10(15)7-8-11(13)16;9-4-3-7(12)8-5(10)1-2-6(8)11/h14H,1-9H2;9H,1-4H2. The Bertz CT molecular complexity index is 630. The van der Waals surface area contributed by atoms with E-state index in [1.807, 2.05) is 0 Å². The maximum atomic E-state index is 11.4. The Labute approximate surface area is 173 Å². The Morgan fingerprint density at radius 3 is 1.73 bits per heavy atom. The summed E-state index contributed by atoms with van der Waals surface area (Å²) in [4.78, 5) is 71.9. The van der Waals surface area contributed by atoms with Crippen molar-refractivity contribution in [2.24, 2.45) is 0 Å². The Kier molecular flexibility index (Phi) is 11.5. The van der Waals surface area contributed by atoms with Gasteiger partial charge in [-0.2, -0.15) is 0 Å². The number of rotatable bonds is 10. The molecular weight excluding hydrogens is 400 g/mol. The summed E-state index contributed by atoms with van der Waals surface area (Å²) in [5.41, 5.74) is 0. The fraction of sp³-hybridized carbons (Fsp3) is 0.684. The first-order chi connectivity index (χ1) is 14.3. The Morgan fingerprint density at radius 1 is 0.700 bits per heavy atom. The molecular formula is C19H28N2O9. The van der Waals surface area contributed by atoms with Gasteiger partial charge in [0.05, 0.1) is 13.0 Å². The minimum absolute atomic E-state index is 0.107. The first-order valence-corrected chi connectivity index (χ1v) is 9.98. The number of likely N-dealkylation sites (tertiary alicyclic amines) is 1. The predicted octanol–water partition coefficient (Wildman–Crippen LogP) is -0.0291. The van der Waals surface area contributed by atoms with Crippen molar-refractivity contribution in [3.8, 4) is 0 Å². The van der Waals surface area contributed by atoms with Crippen molar-refractivity contribution in [3.05, 3.63) is 0 Å². The van der Waals surface area contributed by atoms with Crippen LogP contribution in [0.2, 0.25) is 0 Å². The molecule has 2 N–H and O–H groups in total. The lowest BCUT2D eigenvalue weighted by Gasteiger charge is -2.12. The molecule has 11 nitrogen and oxygen atoms in total. The molecule has 0 saturated carbocycles. The number of hydrogen-bond donors (Lipinski definition) is 2. The number of carbonyl (C=O) groups excluding carboxylic acids is 6. The third-order valence-electron chi connectivity index (χ3n) is 4.36. The van der Waals surface area contributed by atoms with Crippen LogP contribution in [0.4, 0.5) is 0 Å². The van der Waals surface area contributed by atoms with Gasteiger partial charge in [0, 0.05) is 38.7 Å². The lowest BCUT2D eigenvalue weighted by atomic mass is 10.1. The van der Waals surface area contributed by atoms with E-state index >= 15 is 0 Å². The Morgan fingerprint density at radius 2 is 1.20 bits per heavy atom. The molecule has 2 fully saturated rings. The lowest BCUT2D eigenvalue weighted by molar-refractivity contribution is -0.197. The zero-order chi connectivity index (χ0) is 22.5. The van der Waals surface area contributed by atoms with E-state index in [9.17, 15) is 28.8 Å². The fourth-order valence-electron chi connectivity index (χ4n) is 2.78. The normalized spacial score (nSPS) is 16.1. The van der Waals surface area contributed by atoms with Crippen molar-refractivity contribution in [1.82, 2.24) is 9.96 Å². The highest BCUT2D eigenvalue weighted by Crippen LogP contribution is 2.14. The van der Waals surface area contributed by atoms with E-state index in [-0.39, 0.29) is 51.7 Å². The van der Waals surface area contributed by atoms with E-state index in [1.165, 1.54) is 0 Å². The molecule has 0 radical (unpaired) electrons. The molecule has 2 saturated heterocycles. The van der Waals surface area contributed by atoms with Gasteiger partial charge in [0.1, 0.15) is 0 Å². The van der Waals surface area contributed by atoms with E-state index in [1.54, 1.807) is 0 Å². The van der Waals surface area contributed by atoms with Crippen molar-refractivity contribution in [2.75, 3.05) is 13.2 Å². The number of carbonyl (C=O) groups is 6. The van der Waals surface area contributed by atoms with Crippen molar-refractivity contribution in [1.29, 1.82) is 0 Å². The summed E-state index contributed by atoms with van der Waals surface area (Å²) in [5.74, 6) is -2.96. The zero-order valence-corrected chi connectivity index (χ0v) is 16.8. The molecule has 30 heavy (non-hydrogen) atoms. The van der Waals surface area contributed by atoms with Gasteiger partial charge in [-0.1, -0.05) is 19.3 Å². The molecule has 0 aliphatic carbocycles. The number of hydrogen-bond acceptors (Lipinski definition) is 9. The average Bonchev–Trinajstić information content (AvgIpc) is 3.20. The van der Waals surface area contributed by atoms with Crippen LogP contribution < -0.4 is 0 Å². The highest BCUT2D eigenvalue weighted by molar-refractivity contribution is 6.15. The number of amides is 5. The third kappa shape index (κ3) is 8.37. The van der Waals surface area contributed by atoms with Gasteiger partial charge in [-0.3, -0.25) is 24.0 Å². The van der Waals surface area contributed by atoms with Crippen LogP contribution >= 0.6 is 0 Å². The van der Waals surface area contributed by atoms with Crippen LogP contribution in [-0.2, 0) is 33.6 Å². The summed E-state index contributed by atoms with van der Waals surface area (Å²) in [7, 11) is 0. The summed E-state index contributed by atoms with van der Waals surface area (Å²) in [6.45, 7) is -0.142. The van der Waals surface area contributed by atoms with Gasteiger partial charge in [0.15, 0.2) is 0 Å². The van der Waals surface area contributed by atoms with Crippen LogP contribution in [0.25, 0.3) is 0 Å². The number of aliphatic hydroxyl groups excluding tert-OH is 2. The van der Waals surface area contributed by atoms with E-state index < -0.39 is 35.5 Å². The second-order valence-corrected chi connectivity index (χ2v) is 6.78. The number of imide groups is 4. The van der Waals surface area contributed by atoms with E-state index in [0.29, 0.717) is 16.4 Å². The predicted molar refractivity (Wildman–Crippen MR) is 99.8 cm³/mol. The molecule has 0 unspecified atom stereocenters. The molecule has 168 valence electrons. The van der Waals surface area contributed by atoms with Crippen LogP contribution in [0.15, 0.2) is 0 Å². The van der Waals surface area contributed by atoms with Gasteiger partial charge in [-0.15, -0.1) is 5.06 Å². The first kappa shape index (κ1) is 25.4. The molecule has 5 amide bonds. The van der Waals surface area contributed by atoms with Crippen molar-refractivity contribution < 1.29 is 43.8 Å². The van der Waals surface area contributed by atoms with Crippen LogP contribution in [0.3, 0.4) is 0 Å². The minimum Gasteiger partial charge on any atom is -0.396 e. The summed E-state index contributed by atoms with van der Waals surface area (Å²) < 4.78 is 0. The SMILES string of the molecule is O=C(CCCCCCCO)ON1C(=O)CCC1=O.O=C(CCO)N1C(=O)CCC1=O. The molecule has 2 rings (SSSR count). The highest BCUT2D eigenvalue weighted by atomic mass is 16.7. The maximum Gasteiger partial charge on any atom is 0.333 e. The van der Waals surface area contributed by atoms with Crippen LogP contribution in [0.1, 0.15) is 70.6 Å². The quantitative estimate of drug-likeness (QED) is 0.360. The number of hydroxylamine groups is 2. The molecule has 0 aromatic carbocycles. The first-order valence-electron chi connectivity index (χ1n) is 9.98. The van der Waals surface area contributed by atoms with Gasteiger partial charge < -0.3 is 15.1 Å². The molecule has 0 atom stereocenters. The monoisotopic (exact) mass is 428 g/mol. The third-order valence-corrected chi connectivity index (χ3v) is 4.36. The van der Waals surface area contributed by atoms with Crippen LogP contribution in [0.5, 0.6) is 0 Å². The average molecular weight is 428 g/mol. The molecule has 11 heteroatoms. The summed E-state index contributed by atoms with van der Waals surface area (Å²) >= 11 is 0. The number of nitrogens with zero attached hydrogens (tertiary/aromatic N) is 2. The van der Waals surface area contributed by atoms with E-state index in [2.05, 4.69) is 0 Å². The van der Waals surface area contributed by atoms with Gasteiger partial charge in [-0.05, 0) is 12.8 Å². The summed E-state index contributed by atoms with van der Waals surface area (Å²) in [5, 5.41) is 17.6. The largest absolute Gasteiger partial charge is 0.396 e. The fourth-order valence-corrected chi connectivity index (χ4v) is 2.78. The Balaban J connectivity index is 0.000000325. The molecule has 0 aromatic rings. The summed E-state index contributed by atoms with van der Waals surface area (Å²) in [6, 6.07) is 0. The topological polar surface area (TPSA) is 159 Å².